The van der Waals surface area contributed by atoms with Crippen LogP contribution in [0.5, 0.6) is 11.5 Å². The summed E-state index contributed by atoms with van der Waals surface area (Å²) in [7, 11) is 1.69. The van der Waals surface area contributed by atoms with Gasteiger partial charge < -0.3 is 44.7 Å². The van der Waals surface area contributed by atoms with Gasteiger partial charge in [-0.2, -0.15) is 0 Å². The minimum atomic E-state index is -2.27. The molecule has 13 nitrogen and oxygen atoms in total. The lowest BCUT2D eigenvalue weighted by atomic mass is 9.86. The number of aliphatic hydroxyl groups is 2. The maximum Gasteiger partial charge on any atom is 0.335 e. The first-order valence-electron chi connectivity index (χ1n) is 12.0. The fourth-order valence-corrected chi connectivity index (χ4v) is 5.11. The van der Waals surface area contributed by atoms with E-state index in [0.717, 1.165) is 27.7 Å². The van der Waals surface area contributed by atoms with Crippen molar-refractivity contribution < 1.29 is 49.1 Å². The Labute approximate surface area is 220 Å². The van der Waals surface area contributed by atoms with Gasteiger partial charge in [0.05, 0.1) is 12.6 Å². The molecule has 0 bridgehead atoms. The monoisotopic (exact) mass is 539 g/mol. The molecule has 3 aromatic rings. The molecular weight excluding hydrogens is 514 g/mol. The van der Waals surface area contributed by atoms with Crippen molar-refractivity contribution in [2.24, 2.45) is 0 Å². The van der Waals surface area contributed by atoms with Gasteiger partial charge in [-0.15, -0.1) is 0 Å². The number of rotatable bonds is 4. The van der Waals surface area contributed by atoms with E-state index in [2.05, 4.69) is 11.1 Å². The molecule has 204 valence electrons. The van der Waals surface area contributed by atoms with Crippen molar-refractivity contribution in [3.05, 3.63) is 59.3 Å². The second kappa shape index (κ2) is 9.93. The number of carboxylic acids is 2. The highest BCUT2D eigenvalue weighted by Crippen LogP contribution is 2.44. The first-order chi connectivity index (χ1) is 18.6. The Kier molecular flexibility index (Phi) is 6.62. The summed E-state index contributed by atoms with van der Waals surface area (Å²) in [5.74, 6) is -2.26. The van der Waals surface area contributed by atoms with Crippen molar-refractivity contribution in [1.82, 2.24) is 14.8 Å². The Morgan fingerprint density at radius 2 is 1.67 bits per heavy atom. The molecule has 0 radical (unpaired) electrons. The number of aliphatic carboxylic acids is 2. The lowest BCUT2D eigenvalue weighted by molar-refractivity contribution is -0.165. The predicted molar refractivity (Wildman–Crippen MR) is 132 cm³/mol. The van der Waals surface area contributed by atoms with Gasteiger partial charge in [0.1, 0.15) is 6.04 Å². The van der Waals surface area contributed by atoms with E-state index in [1.165, 1.54) is 4.90 Å². The maximum atomic E-state index is 13.1. The van der Waals surface area contributed by atoms with Crippen molar-refractivity contribution in [3.63, 3.8) is 0 Å². The van der Waals surface area contributed by atoms with Gasteiger partial charge >= 0.3 is 11.9 Å². The first-order valence-corrected chi connectivity index (χ1v) is 12.0. The number of carbonyl (C=O) groups is 4. The molecule has 2 unspecified atom stereocenters. The number of nitrogens with one attached hydrogen (secondary N) is 1. The summed E-state index contributed by atoms with van der Waals surface area (Å²) in [6, 6.07) is 12.9. The number of para-hydroxylation sites is 1. The van der Waals surface area contributed by atoms with Crippen LogP contribution in [0.25, 0.3) is 10.9 Å². The smallest absolute Gasteiger partial charge is 0.335 e. The highest BCUT2D eigenvalue weighted by atomic mass is 16.7. The van der Waals surface area contributed by atoms with E-state index in [9.17, 15) is 19.2 Å². The van der Waals surface area contributed by atoms with Crippen LogP contribution in [0.1, 0.15) is 22.9 Å². The zero-order valence-electron chi connectivity index (χ0n) is 20.6. The number of H-pyrrole nitrogens is 1. The number of benzene rings is 2. The molecular formula is C26H25N3O10. The molecule has 5 N–H and O–H groups in total. The number of hydrogen-bond acceptors (Lipinski definition) is 8. The van der Waals surface area contributed by atoms with E-state index in [4.69, 9.17) is 29.9 Å². The lowest BCUT2D eigenvalue weighted by Gasteiger charge is -2.46. The Hall–Kier alpha value is -4.62. The molecule has 1 fully saturated rings. The normalized spacial score (nSPS) is 21.0. The van der Waals surface area contributed by atoms with Gasteiger partial charge in [-0.05, 0) is 29.3 Å². The summed E-state index contributed by atoms with van der Waals surface area (Å²) in [5.41, 5.74) is 3.97. The third kappa shape index (κ3) is 4.51. The highest BCUT2D eigenvalue weighted by molar-refractivity contribution is 5.97. The number of fused-ring (bicyclic) bond motifs is 5. The number of likely N-dealkylation sites (N-methyl/N-ethyl adjacent to an activating group) is 1. The summed E-state index contributed by atoms with van der Waals surface area (Å²) >= 11 is 0. The number of aromatic nitrogens is 1. The van der Waals surface area contributed by atoms with E-state index in [1.54, 1.807) is 11.9 Å². The van der Waals surface area contributed by atoms with E-state index >= 15 is 0 Å². The molecule has 2 aromatic carbocycles. The zero-order chi connectivity index (χ0) is 28.0. The van der Waals surface area contributed by atoms with Gasteiger partial charge in [-0.3, -0.25) is 9.59 Å². The molecule has 0 aliphatic carbocycles. The van der Waals surface area contributed by atoms with Crippen molar-refractivity contribution in [1.29, 1.82) is 0 Å². The molecule has 4 atom stereocenters. The first kappa shape index (κ1) is 26.0. The van der Waals surface area contributed by atoms with Gasteiger partial charge in [-0.25, -0.2) is 9.59 Å². The van der Waals surface area contributed by atoms with Crippen LogP contribution in [-0.4, -0.2) is 97.6 Å². The van der Waals surface area contributed by atoms with Crippen LogP contribution in [0.2, 0.25) is 0 Å². The molecule has 0 spiro atoms. The van der Waals surface area contributed by atoms with Gasteiger partial charge in [0.25, 0.3) is 0 Å². The number of hydrogen-bond donors (Lipinski definition) is 5. The van der Waals surface area contributed by atoms with Crippen LogP contribution in [0.15, 0.2) is 42.5 Å². The Balaban J connectivity index is 0.000000266. The SMILES string of the molecule is CN1CC(=O)N2[C@H](c3ccc4c(c3)OCO4)c3[nH]c4ccccc4c3C[C@@H]2C1=O.O=C(O)C(O)C(O)C(=O)O. The standard InChI is InChI=1S/C22H19N3O4.C4H6O6/c1-24-10-19(26)25-16(22(24)27)9-14-13-4-2-3-5-15(13)23-20(14)21(25)12-6-7-17-18(8-12)29-11-28-17;5-1(3(7)8)2(6)4(9)10/h2-8,16,21,23H,9-11H2,1H3;1-2,5-6H,(H,7,8)(H,9,10)/t16-,21-;/m1./s1. The van der Waals surface area contributed by atoms with Gasteiger partial charge in [0.2, 0.25) is 18.6 Å². The third-order valence-electron chi connectivity index (χ3n) is 6.97. The van der Waals surface area contributed by atoms with Crippen molar-refractivity contribution >= 4 is 34.7 Å². The van der Waals surface area contributed by atoms with Crippen LogP contribution in [0.4, 0.5) is 0 Å². The third-order valence-corrected chi connectivity index (χ3v) is 6.97. The van der Waals surface area contributed by atoms with Crippen molar-refractivity contribution in [2.45, 2.75) is 30.7 Å². The molecule has 6 rings (SSSR count). The molecule has 2 amide bonds. The summed E-state index contributed by atoms with van der Waals surface area (Å²) in [6.45, 7) is 0.279. The van der Waals surface area contributed by atoms with E-state index < -0.39 is 30.2 Å². The fraction of sp³-hybridized carbons (Fsp3) is 0.308. The number of carboxylic acid groups (broad SMARTS) is 2. The average molecular weight is 539 g/mol. The topological polar surface area (TPSA) is 190 Å². The summed E-state index contributed by atoms with van der Waals surface area (Å²) in [5, 5.41) is 33.6. The largest absolute Gasteiger partial charge is 0.479 e. The number of amides is 2. The van der Waals surface area contributed by atoms with Gasteiger partial charge in [0, 0.05) is 30.1 Å². The Morgan fingerprint density at radius 1 is 1.00 bits per heavy atom. The van der Waals surface area contributed by atoms with E-state index in [1.807, 2.05) is 36.4 Å². The number of nitrogens with zero attached hydrogens (tertiary/aromatic N) is 2. The zero-order valence-corrected chi connectivity index (χ0v) is 20.6. The number of piperazine rings is 1. The Morgan fingerprint density at radius 3 is 2.36 bits per heavy atom. The molecule has 13 heteroatoms. The molecule has 0 saturated carbocycles. The molecule has 4 heterocycles. The number of carbonyl (C=O) groups excluding carboxylic acids is 2. The molecule has 3 aliphatic rings. The van der Waals surface area contributed by atoms with Crippen LogP contribution >= 0.6 is 0 Å². The molecule has 3 aliphatic heterocycles. The van der Waals surface area contributed by atoms with Crippen LogP contribution < -0.4 is 9.47 Å². The number of ether oxygens (including phenoxy) is 2. The molecule has 1 aromatic heterocycles. The molecule has 1 saturated heterocycles. The summed E-state index contributed by atoms with van der Waals surface area (Å²) < 4.78 is 11.0. The van der Waals surface area contributed by atoms with Gasteiger partial charge in [0.15, 0.2) is 23.7 Å². The van der Waals surface area contributed by atoms with Crippen molar-refractivity contribution in [2.75, 3.05) is 20.4 Å². The summed E-state index contributed by atoms with van der Waals surface area (Å²) in [6.07, 6.45) is -4.02. The summed E-state index contributed by atoms with van der Waals surface area (Å²) in [4.78, 5) is 52.4. The van der Waals surface area contributed by atoms with E-state index in [0.29, 0.717) is 17.9 Å². The lowest BCUT2D eigenvalue weighted by Crippen LogP contribution is -2.62. The number of aliphatic hydroxyl groups excluding tert-OH is 2. The molecule has 39 heavy (non-hydrogen) atoms. The van der Waals surface area contributed by atoms with Crippen molar-refractivity contribution in [3.8, 4) is 11.5 Å². The minimum absolute atomic E-state index is 0.0220. The average Bonchev–Trinajstić information content (AvgIpc) is 3.54. The quantitative estimate of drug-likeness (QED) is 0.304. The fourth-order valence-electron chi connectivity index (χ4n) is 5.11. The highest BCUT2D eigenvalue weighted by Gasteiger charge is 2.47. The second-order valence-corrected chi connectivity index (χ2v) is 9.36. The number of aromatic amines is 1. The minimum Gasteiger partial charge on any atom is -0.479 e. The maximum absolute atomic E-state index is 13.1. The van der Waals surface area contributed by atoms with Crippen LogP contribution in [-0.2, 0) is 25.6 Å². The van der Waals surface area contributed by atoms with Crippen LogP contribution in [0, 0.1) is 0 Å². The van der Waals surface area contributed by atoms with E-state index in [-0.39, 0.29) is 31.2 Å². The second-order valence-electron chi connectivity index (χ2n) is 9.36. The Bertz CT molecular complexity index is 1470. The predicted octanol–water partition coefficient (Wildman–Crippen LogP) is 0.0887. The van der Waals surface area contributed by atoms with Crippen LogP contribution in [0.3, 0.4) is 0 Å². The van der Waals surface area contributed by atoms with Gasteiger partial charge in [-0.1, -0.05) is 24.3 Å².